The van der Waals surface area contributed by atoms with Crippen LogP contribution in [0.3, 0.4) is 0 Å². The summed E-state index contributed by atoms with van der Waals surface area (Å²) in [5.41, 5.74) is 1.10. The van der Waals surface area contributed by atoms with Gasteiger partial charge in [0.05, 0.1) is 23.1 Å². The Hall–Kier alpha value is -0.800. The van der Waals surface area contributed by atoms with Gasteiger partial charge in [-0.15, -0.1) is 35.3 Å². The molecular formula is C12H17ClIN5S. The van der Waals surface area contributed by atoms with E-state index in [1.807, 2.05) is 29.9 Å². The fourth-order valence-corrected chi connectivity index (χ4v) is 2.61. The number of hydrogen-bond acceptors (Lipinski definition) is 3. The molecule has 0 amide bonds. The van der Waals surface area contributed by atoms with Gasteiger partial charge < -0.3 is 10.6 Å². The van der Waals surface area contributed by atoms with Gasteiger partial charge in [-0.05, 0) is 18.2 Å². The summed E-state index contributed by atoms with van der Waals surface area (Å²) in [6.45, 7) is 1.39. The van der Waals surface area contributed by atoms with E-state index in [0.717, 1.165) is 16.0 Å². The van der Waals surface area contributed by atoms with Crippen LogP contribution in [0.4, 0.5) is 0 Å². The van der Waals surface area contributed by atoms with E-state index in [1.54, 1.807) is 24.6 Å². The van der Waals surface area contributed by atoms with E-state index in [4.69, 9.17) is 11.6 Å². The lowest BCUT2D eigenvalue weighted by Gasteiger charge is -2.11. The van der Waals surface area contributed by atoms with Crippen molar-refractivity contribution in [3.8, 4) is 0 Å². The summed E-state index contributed by atoms with van der Waals surface area (Å²) >= 11 is 7.46. The molecule has 0 saturated heterocycles. The van der Waals surface area contributed by atoms with E-state index in [9.17, 15) is 0 Å². The van der Waals surface area contributed by atoms with E-state index in [0.29, 0.717) is 13.1 Å². The number of nitrogens with one attached hydrogen (secondary N) is 2. The smallest absolute Gasteiger partial charge is 0.191 e. The van der Waals surface area contributed by atoms with E-state index in [1.165, 1.54) is 4.88 Å². The van der Waals surface area contributed by atoms with Gasteiger partial charge in [0.15, 0.2) is 5.96 Å². The highest BCUT2D eigenvalue weighted by molar-refractivity contribution is 14.0. The topological polar surface area (TPSA) is 54.2 Å². The number of aliphatic imine (C=N–C) groups is 1. The third kappa shape index (κ3) is 4.95. The van der Waals surface area contributed by atoms with Gasteiger partial charge in [0, 0.05) is 25.2 Å². The fraction of sp³-hybridized carbons (Fsp3) is 0.333. The highest BCUT2D eigenvalue weighted by atomic mass is 127. The van der Waals surface area contributed by atoms with Crippen LogP contribution in [-0.4, -0.2) is 22.8 Å². The van der Waals surface area contributed by atoms with Gasteiger partial charge in [0.25, 0.3) is 0 Å². The van der Waals surface area contributed by atoms with Gasteiger partial charge in [-0.2, -0.15) is 5.10 Å². The van der Waals surface area contributed by atoms with Gasteiger partial charge in [-0.25, -0.2) is 0 Å². The molecule has 2 heterocycles. The quantitative estimate of drug-likeness (QED) is 0.450. The van der Waals surface area contributed by atoms with Gasteiger partial charge in [0.2, 0.25) is 0 Å². The summed E-state index contributed by atoms with van der Waals surface area (Å²) in [6.07, 6.45) is 1.78. The predicted molar refractivity (Wildman–Crippen MR) is 95.0 cm³/mol. The minimum Gasteiger partial charge on any atom is -0.352 e. The molecule has 0 bridgehead atoms. The maximum absolute atomic E-state index is 5.89. The van der Waals surface area contributed by atoms with Crippen molar-refractivity contribution in [2.24, 2.45) is 12.0 Å². The maximum atomic E-state index is 5.89. The summed E-state index contributed by atoms with van der Waals surface area (Å²) in [7, 11) is 3.67. The third-order valence-corrected chi connectivity index (χ3v) is 3.87. The summed E-state index contributed by atoms with van der Waals surface area (Å²) in [6, 6.07) is 5.88. The zero-order valence-electron chi connectivity index (χ0n) is 11.3. The second-order valence-electron chi connectivity index (χ2n) is 3.93. The third-order valence-electron chi connectivity index (χ3n) is 2.64. The molecule has 0 aromatic carbocycles. The first-order valence-electron chi connectivity index (χ1n) is 5.84. The summed E-state index contributed by atoms with van der Waals surface area (Å²) in [5.74, 6) is 0.755. The second-order valence-corrected chi connectivity index (χ2v) is 5.73. The van der Waals surface area contributed by atoms with Gasteiger partial charge in [-0.1, -0.05) is 11.6 Å². The number of aromatic nitrogens is 2. The molecule has 5 nitrogen and oxygen atoms in total. The molecule has 0 aliphatic rings. The Morgan fingerprint density at radius 1 is 1.35 bits per heavy atom. The molecule has 0 unspecified atom stereocenters. The van der Waals surface area contributed by atoms with E-state index < -0.39 is 0 Å². The minimum absolute atomic E-state index is 0. The Bertz CT molecular complexity index is 566. The highest BCUT2D eigenvalue weighted by Crippen LogP contribution is 2.20. The monoisotopic (exact) mass is 425 g/mol. The molecule has 0 spiro atoms. The zero-order valence-corrected chi connectivity index (χ0v) is 15.2. The van der Waals surface area contributed by atoms with Crippen LogP contribution in [0.5, 0.6) is 0 Å². The number of halogens is 2. The average molecular weight is 426 g/mol. The van der Waals surface area contributed by atoms with Gasteiger partial charge in [-0.3, -0.25) is 9.67 Å². The van der Waals surface area contributed by atoms with Crippen molar-refractivity contribution in [2.75, 3.05) is 7.05 Å². The largest absolute Gasteiger partial charge is 0.352 e. The van der Waals surface area contributed by atoms with Crippen LogP contribution in [-0.2, 0) is 20.1 Å². The standard InChI is InChI=1S/C12H16ClN5S.HI/c1-14-12(15-7-9-5-6-17-18(9)2)16-8-10-3-4-11(13)19-10;/h3-6H,7-8H2,1-2H3,(H2,14,15,16);1H. The van der Waals surface area contributed by atoms with Crippen molar-refractivity contribution in [3.63, 3.8) is 0 Å². The molecule has 2 aromatic rings. The Morgan fingerprint density at radius 3 is 2.65 bits per heavy atom. The molecule has 0 saturated carbocycles. The molecule has 2 N–H and O–H groups in total. The molecule has 2 rings (SSSR count). The van der Waals surface area contributed by atoms with Gasteiger partial charge >= 0.3 is 0 Å². The second kappa shape index (κ2) is 8.48. The van der Waals surface area contributed by atoms with Crippen LogP contribution in [0.2, 0.25) is 4.34 Å². The first-order valence-corrected chi connectivity index (χ1v) is 7.04. The number of thiophene rings is 1. The summed E-state index contributed by atoms with van der Waals surface area (Å²) in [5, 5.41) is 10.6. The van der Waals surface area contributed by atoms with E-state index in [-0.39, 0.29) is 24.0 Å². The van der Waals surface area contributed by atoms with Crippen LogP contribution in [0.25, 0.3) is 0 Å². The van der Waals surface area contributed by atoms with Crippen molar-refractivity contribution in [2.45, 2.75) is 13.1 Å². The van der Waals surface area contributed by atoms with Crippen LogP contribution < -0.4 is 10.6 Å². The fourth-order valence-electron chi connectivity index (χ4n) is 1.59. The minimum atomic E-state index is 0. The van der Waals surface area contributed by atoms with Crippen molar-refractivity contribution in [1.29, 1.82) is 0 Å². The number of guanidine groups is 1. The SMILES string of the molecule is CN=C(NCc1ccc(Cl)s1)NCc1ccnn1C.I. The average Bonchev–Trinajstić information content (AvgIpc) is 2.99. The Morgan fingerprint density at radius 2 is 2.10 bits per heavy atom. The number of aryl methyl sites for hydroxylation is 1. The molecule has 0 aliphatic heterocycles. The van der Waals surface area contributed by atoms with Crippen LogP contribution in [0, 0.1) is 0 Å². The Labute approximate surface area is 144 Å². The molecule has 110 valence electrons. The molecule has 8 heteroatoms. The van der Waals surface area contributed by atoms with E-state index in [2.05, 4.69) is 20.7 Å². The highest BCUT2D eigenvalue weighted by Gasteiger charge is 2.02. The van der Waals surface area contributed by atoms with Crippen LogP contribution in [0.1, 0.15) is 10.6 Å². The molecule has 20 heavy (non-hydrogen) atoms. The molecule has 0 atom stereocenters. The molecule has 2 aromatic heterocycles. The lowest BCUT2D eigenvalue weighted by atomic mass is 10.4. The maximum Gasteiger partial charge on any atom is 0.191 e. The number of hydrogen-bond donors (Lipinski definition) is 2. The van der Waals surface area contributed by atoms with Crippen molar-refractivity contribution >= 4 is 52.9 Å². The summed E-state index contributed by atoms with van der Waals surface area (Å²) in [4.78, 5) is 5.35. The Balaban J connectivity index is 0.00000200. The van der Waals surface area contributed by atoms with Crippen LogP contribution >= 0.6 is 46.9 Å². The lowest BCUT2D eigenvalue weighted by Crippen LogP contribution is -2.36. The van der Waals surface area contributed by atoms with Gasteiger partial charge in [0.1, 0.15) is 0 Å². The Kier molecular flexibility index (Phi) is 7.31. The van der Waals surface area contributed by atoms with Crippen LogP contribution in [0.15, 0.2) is 29.4 Å². The molecular weight excluding hydrogens is 409 g/mol. The number of rotatable bonds is 4. The normalized spacial score (nSPS) is 11.1. The van der Waals surface area contributed by atoms with E-state index >= 15 is 0 Å². The molecule has 0 aliphatic carbocycles. The molecule has 0 fully saturated rings. The molecule has 0 radical (unpaired) electrons. The van der Waals surface area contributed by atoms with Crippen molar-refractivity contribution in [3.05, 3.63) is 39.3 Å². The number of nitrogens with zero attached hydrogens (tertiary/aromatic N) is 3. The first-order chi connectivity index (χ1) is 9.19. The predicted octanol–water partition coefficient (Wildman–Crippen LogP) is 2.62. The lowest BCUT2D eigenvalue weighted by molar-refractivity contribution is 0.685. The summed E-state index contributed by atoms with van der Waals surface area (Å²) < 4.78 is 2.63. The first kappa shape index (κ1) is 17.3. The zero-order chi connectivity index (χ0) is 13.7. The van der Waals surface area contributed by atoms with Crippen molar-refractivity contribution in [1.82, 2.24) is 20.4 Å². The van der Waals surface area contributed by atoms with Crippen molar-refractivity contribution < 1.29 is 0 Å².